The van der Waals surface area contributed by atoms with Crippen molar-refractivity contribution in [2.24, 2.45) is 0 Å². The van der Waals surface area contributed by atoms with E-state index in [9.17, 15) is 0 Å². The monoisotopic (exact) mass is 226 g/mol. The molecular weight excluding hydrogens is 222 g/mol. The molecule has 0 bridgehead atoms. The van der Waals surface area contributed by atoms with Crippen LogP contribution in [-0.2, 0) is 0 Å². The molecule has 16 heavy (non-hydrogen) atoms. The van der Waals surface area contributed by atoms with Crippen LogP contribution in [0, 0.1) is 28.2 Å². The van der Waals surface area contributed by atoms with Crippen LogP contribution >= 0.6 is 11.3 Å². The summed E-state index contributed by atoms with van der Waals surface area (Å²) in [5.74, 6) is 0.706. The van der Waals surface area contributed by atoms with Crippen molar-refractivity contribution in [3.63, 3.8) is 0 Å². The molecule has 0 aliphatic heterocycles. The Hall–Kier alpha value is -2.37. The third-order valence-corrected chi connectivity index (χ3v) is 2.36. The van der Waals surface area contributed by atoms with Gasteiger partial charge in [-0.3, -0.25) is 0 Å². The lowest BCUT2D eigenvalue weighted by atomic mass is 10.1. The number of ether oxygens (including phenoxy) is 1. The minimum Gasteiger partial charge on any atom is -0.437 e. The largest absolute Gasteiger partial charge is 0.437 e. The average molecular weight is 226 g/mol. The topological polar surface area (TPSA) is 69.7 Å². The Labute approximate surface area is 96.0 Å². The van der Waals surface area contributed by atoms with Crippen molar-refractivity contribution >= 4 is 11.3 Å². The van der Waals surface area contributed by atoms with Gasteiger partial charge in [0.25, 0.3) is 0 Å². The third-order valence-electron chi connectivity index (χ3n) is 1.84. The van der Waals surface area contributed by atoms with E-state index in [2.05, 4.69) is 10.5 Å². The maximum atomic E-state index is 8.95. The van der Waals surface area contributed by atoms with Crippen LogP contribution in [0.4, 0.5) is 0 Å². The van der Waals surface area contributed by atoms with Crippen molar-refractivity contribution in [2.45, 2.75) is 0 Å². The highest BCUT2D eigenvalue weighted by molar-refractivity contribution is 7.07. The second-order valence-corrected chi connectivity index (χ2v) is 3.44. The van der Waals surface area contributed by atoms with Crippen LogP contribution < -0.4 is 4.74 Å². The fourth-order valence-corrected chi connectivity index (χ4v) is 1.56. The lowest BCUT2D eigenvalue weighted by molar-refractivity contribution is 0.464. The molecular formula is C11H4N3OS. The summed E-state index contributed by atoms with van der Waals surface area (Å²) in [4.78, 5) is 3.82. The molecule has 5 heteroatoms. The number of aromatic nitrogens is 1. The quantitative estimate of drug-likeness (QED) is 0.788. The van der Waals surface area contributed by atoms with Crippen LogP contribution in [0.3, 0.4) is 0 Å². The molecule has 1 aromatic heterocycles. The molecule has 75 valence electrons. The fourth-order valence-electron chi connectivity index (χ4n) is 1.16. The van der Waals surface area contributed by atoms with Gasteiger partial charge in [-0.25, -0.2) is 0 Å². The molecule has 0 amide bonds. The molecule has 4 nitrogen and oxygen atoms in total. The van der Waals surface area contributed by atoms with Gasteiger partial charge in [-0.2, -0.15) is 15.5 Å². The van der Waals surface area contributed by atoms with Gasteiger partial charge in [0.15, 0.2) is 5.51 Å². The van der Waals surface area contributed by atoms with Crippen molar-refractivity contribution in [1.82, 2.24) is 4.98 Å². The molecule has 2 rings (SSSR count). The zero-order valence-corrected chi connectivity index (χ0v) is 8.78. The Morgan fingerprint density at radius 3 is 2.81 bits per heavy atom. The van der Waals surface area contributed by atoms with Gasteiger partial charge < -0.3 is 4.74 Å². The number of nitrogens with zero attached hydrogens (tertiary/aromatic N) is 3. The predicted molar refractivity (Wildman–Crippen MR) is 56.9 cm³/mol. The van der Waals surface area contributed by atoms with Crippen molar-refractivity contribution < 1.29 is 4.74 Å². The van der Waals surface area contributed by atoms with E-state index in [0.29, 0.717) is 17.2 Å². The highest BCUT2D eigenvalue weighted by atomic mass is 32.1. The lowest BCUT2D eigenvalue weighted by Gasteiger charge is -2.04. The van der Waals surface area contributed by atoms with Crippen molar-refractivity contribution in [2.75, 3.05) is 0 Å². The fraction of sp³-hybridized carbons (Fsp3) is 0. The lowest BCUT2D eigenvalue weighted by Crippen LogP contribution is -1.91. The Morgan fingerprint density at radius 2 is 2.19 bits per heavy atom. The van der Waals surface area contributed by atoms with E-state index in [-0.39, 0.29) is 5.56 Å². The van der Waals surface area contributed by atoms with Gasteiger partial charge in [-0.1, -0.05) is 6.07 Å². The molecule has 0 unspecified atom stereocenters. The van der Waals surface area contributed by atoms with Gasteiger partial charge in [0.1, 0.15) is 23.5 Å². The highest BCUT2D eigenvalue weighted by Crippen LogP contribution is 2.26. The van der Waals surface area contributed by atoms with E-state index in [0.717, 1.165) is 0 Å². The average Bonchev–Trinajstić information content (AvgIpc) is 2.81. The van der Waals surface area contributed by atoms with Crippen molar-refractivity contribution in [3.05, 3.63) is 40.2 Å². The Balaban J connectivity index is 2.43. The van der Waals surface area contributed by atoms with Gasteiger partial charge in [-0.05, 0) is 12.1 Å². The molecule has 0 saturated heterocycles. The SMILES string of the molecule is N#Cc1cccc(Oc2cs[c]n2)c1C#N. The molecule has 0 atom stereocenters. The van der Waals surface area contributed by atoms with Crippen LogP contribution in [0.2, 0.25) is 0 Å². The van der Waals surface area contributed by atoms with Gasteiger partial charge in [0, 0.05) is 0 Å². The Bertz CT molecular complexity index is 578. The molecule has 1 radical (unpaired) electrons. The summed E-state index contributed by atoms with van der Waals surface area (Å²) >= 11 is 1.27. The summed E-state index contributed by atoms with van der Waals surface area (Å²) in [6.45, 7) is 0. The van der Waals surface area contributed by atoms with E-state index < -0.39 is 0 Å². The molecule has 0 saturated carbocycles. The number of nitriles is 2. The first-order valence-corrected chi connectivity index (χ1v) is 5.15. The van der Waals surface area contributed by atoms with Crippen LogP contribution in [-0.4, -0.2) is 4.98 Å². The molecule has 1 heterocycles. The van der Waals surface area contributed by atoms with Crippen LogP contribution in [0.5, 0.6) is 11.6 Å². The highest BCUT2D eigenvalue weighted by Gasteiger charge is 2.10. The standard InChI is InChI=1S/C11H4N3OS/c12-4-8-2-1-3-10(9(8)5-13)15-11-6-16-7-14-11/h1-3,6H. The van der Waals surface area contributed by atoms with Crippen LogP contribution in [0.15, 0.2) is 23.6 Å². The second-order valence-electron chi connectivity index (χ2n) is 2.78. The number of rotatable bonds is 2. The molecule has 2 aromatic rings. The smallest absolute Gasteiger partial charge is 0.230 e. The Morgan fingerprint density at radius 1 is 1.31 bits per heavy atom. The van der Waals surface area contributed by atoms with Gasteiger partial charge in [-0.15, -0.1) is 11.3 Å². The molecule has 0 N–H and O–H groups in total. The van der Waals surface area contributed by atoms with Gasteiger partial charge in [0.05, 0.1) is 10.9 Å². The first kappa shape index (κ1) is 10.2. The molecule has 0 spiro atoms. The van der Waals surface area contributed by atoms with E-state index >= 15 is 0 Å². The number of thiazole rings is 1. The maximum absolute atomic E-state index is 8.95. The van der Waals surface area contributed by atoms with Crippen LogP contribution in [0.1, 0.15) is 11.1 Å². The summed E-state index contributed by atoms with van der Waals surface area (Å²) in [6, 6.07) is 8.73. The zero-order chi connectivity index (χ0) is 11.4. The summed E-state index contributed by atoms with van der Waals surface area (Å²) in [7, 11) is 0. The maximum Gasteiger partial charge on any atom is 0.230 e. The summed E-state index contributed by atoms with van der Waals surface area (Å²) in [6.07, 6.45) is 0. The zero-order valence-electron chi connectivity index (χ0n) is 7.97. The number of hydrogen-bond acceptors (Lipinski definition) is 5. The minimum atomic E-state index is 0.220. The third kappa shape index (κ3) is 1.85. The summed E-state index contributed by atoms with van der Waals surface area (Å²) in [5, 5.41) is 19.4. The number of hydrogen-bond donors (Lipinski definition) is 0. The summed E-state index contributed by atoms with van der Waals surface area (Å²) in [5.41, 5.74) is 3.15. The first-order valence-electron chi connectivity index (χ1n) is 4.28. The molecule has 0 aliphatic carbocycles. The van der Waals surface area contributed by atoms with E-state index in [1.807, 2.05) is 12.1 Å². The molecule has 1 aromatic carbocycles. The Kier molecular flexibility index (Phi) is 2.81. The summed E-state index contributed by atoms with van der Waals surface area (Å²) < 4.78 is 5.38. The minimum absolute atomic E-state index is 0.220. The van der Waals surface area contributed by atoms with E-state index in [1.54, 1.807) is 23.6 Å². The van der Waals surface area contributed by atoms with E-state index in [1.165, 1.54) is 11.3 Å². The van der Waals surface area contributed by atoms with Crippen molar-refractivity contribution in [3.8, 4) is 23.8 Å². The predicted octanol–water partition coefficient (Wildman–Crippen LogP) is 2.48. The number of benzene rings is 1. The van der Waals surface area contributed by atoms with E-state index in [4.69, 9.17) is 15.3 Å². The normalized spacial score (nSPS) is 9.12. The van der Waals surface area contributed by atoms with Gasteiger partial charge >= 0.3 is 0 Å². The first-order chi connectivity index (χ1) is 7.85. The second kappa shape index (κ2) is 4.43. The molecule has 0 aliphatic rings. The molecule has 0 fully saturated rings. The van der Waals surface area contributed by atoms with Crippen LogP contribution in [0.25, 0.3) is 0 Å². The van der Waals surface area contributed by atoms with Crippen molar-refractivity contribution in [1.29, 1.82) is 10.5 Å². The van der Waals surface area contributed by atoms with Gasteiger partial charge in [0.2, 0.25) is 5.88 Å².